The summed E-state index contributed by atoms with van der Waals surface area (Å²) in [5, 5.41) is 20.0. The Hall–Kier alpha value is -5.14. The van der Waals surface area contributed by atoms with Crippen molar-refractivity contribution in [2.24, 2.45) is 0 Å². The number of hydrogen-bond acceptors (Lipinski definition) is 15. The number of nitrogens with zero attached hydrogens (tertiary/aromatic N) is 6. The standard InChI is InChI=1S/C35H26F3N5O.C2H3N.2ClHO4.Fe/c36-25-11-5-12-26(37)33(25)28-14-7-16-30(41-28)35(31-17-8-15-29(42-31)34-27(38)13-6-18-32(34)44)43(21-23-9-1-3-19-39-23)22-24-10-2-4-20-40-24;1-2-3;2*2-1(3,4)5;/h1-20,35,44H,21-22H2;1H3;2*(H,2,3,4,5);/q;;;;+4/p-3/t35-;;;;/m0..../s1. The van der Waals surface area contributed by atoms with Crippen molar-refractivity contribution in [3.63, 3.8) is 0 Å². The smallest absolute Gasteiger partial charge is 0.872 e. The first-order valence-corrected chi connectivity index (χ1v) is 18.3. The summed E-state index contributed by atoms with van der Waals surface area (Å²) in [4.78, 5) is 20.6. The zero-order valence-electron chi connectivity index (χ0n) is 29.6. The van der Waals surface area contributed by atoms with Gasteiger partial charge in [-0.15, -0.1) is 20.5 Å². The van der Waals surface area contributed by atoms with Crippen LogP contribution in [-0.2, 0) is 30.2 Å². The van der Waals surface area contributed by atoms with Crippen LogP contribution in [0.5, 0.6) is 5.75 Å². The molecule has 0 spiro atoms. The van der Waals surface area contributed by atoms with Crippen LogP contribution in [0.25, 0.3) is 22.5 Å². The minimum Gasteiger partial charge on any atom is -0.872 e. The van der Waals surface area contributed by atoms with E-state index in [9.17, 15) is 18.3 Å². The van der Waals surface area contributed by atoms with E-state index in [4.69, 9.17) is 52.5 Å². The Morgan fingerprint density at radius 3 is 1.33 bits per heavy atom. The molecule has 0 bridgehead atoms. The van der Waals surface area contributed by atoms with E-state index in [0.29, 0.717) is 24.5 Å². The molecule has 0 saturated carbocycles. The Morgan fingerprint density at radius 2 is 0.948 bits per heavy atom. The van der Waals surface area contributed by atoms with Gasteiger partial charge in [0.05, 0.1) is 51.8 Å². The Kier molecular flexibility index (Phi) is 19.7. The van der Waals surface area contributed by atoms with Crippen molar-refractivity contribution in [1.82, 2.24) is 24.8 Å². The van der Waals surface area contributed by atoms with E-state index in [0.717, 1.165) is 11.4 Å². The Balaban J connectivity index is 0.000000725. The summed E-state index contributed by atoms with van der Waals surface area (Å²) in [6.07, 6.45) is 3.38. The third-order valence-corrected chi connectivity index (χ3v) is 7.10. The molecule has 0 aliphatic carbocycles. The molecule has 4 aromatic heterocycles. The fourth-order valence-corrected chi connectivity index (χ4v) is 5.15. The largest absolute Gasteiger partial charge is 4.00 e. The van der Waals surface area contributed by atoms with E-state index in [1.165, 1.54) is 49.4 Å². The maximum absolute atomic E-state index is 14.9. The van der Waals surface area contributed by atoms with Gasteiger partial charge < -0.3 is 5.11 Å². The van der Waals surface area contributed by atoms with Crippen LogP contribution in [0.15, 0.2) is 122 Å². The molecule has 0 fully saturated rings. The van der Waals surface area contributed by atoms with E-state index in [1.54, 1.807) is 48.8 Å². The van der Waals surface area contributed by atoms with Gasteiger partial charge in [-0.2, -0.15) is 5.26 Å². The molecule has 0 radical (unpaired) electrons. The van der Waals surface area contributed by atoms with Crippen LogP contribution in [-0.4, -0.2) is 24.8 Å². The summed E-state index contributed by atoms with van der Waals surface area (Å²) < 4.78 is 113. The minimum absolute atomic E-state index is 0. The van der Waals surface area contributed by atoms with Crippen molar-refractivity contribution < 1.29 is 93.1 Å². The first-order chi connectivity index (χ1) is 26.9. The molecule has 302 valence electrons. The quantitative estimate of drug-likeness (QED) is 0.141. The molecule has 4 heterocycles. The third-order valence-electron chi connectivity index (χ3n) is 7.10. The molecule has 21 heteroatoms. The predicted molar refractivity (Wildman–Crippen MR) is 170 cm³/mol. The molecular formula is C37H28Cl2F3FeN6O9+. The van der Waals surface area contributed by atoms with Gasteiger partial charge in [-0.05, 0) is 66.7 Å². The minimum atomic E-state index is -4.94. The fraction of sp³-hybridized carbons (Fsp3) is 0.108. The fourth-order valence-electron chi connectivity index (χ4n) is 5.15. The van der Waals surface area contributed by atoms with Gasteiger partial charge in [0.25, 0.3) is 0 Å². The average molecular weight is 884 g/mol. The molecule has 58 heavy (non-hydrogen) atoms. The Labute approximate surface area is 344 Å². The first-order valence-electron chi connectivity index (χ1n) is 15.8. The van der Waals surface area contributed by atoms with Crippen LogP contribution in [0.1, 0.15) is 35.7 Å². The van der Waals surface area contributed by atoms with Crippen LogP contribution in [0.4, 0.5) is 13.2 Å². The predicted octanol–water partition coefficient (Wildman–Crippen LogP) is -2.10. The van der Waals surface area contributed by atoms with Gasteiger partial charge >= 0.3 is 17.1 Å². The van der Waals surface area contributed by atoms with Crippen molar-refractivity contribution in [2.45, 2.75) is 26.1 Å². The molecule has 0 aliphatic rings. The molecular weight excluding hydrogens is 856 g/mol. The van der Waals surface area contributed by atoms with Crippen molar-refractivity contribution >= 4 is 0 Å². The van der Waals surface area contributed by atoms with Gasteiger partial charge in [-0.25, -0.2) is 50.4 Å². The van der Waals surface area contributed by atoms with E-state index >= 15 is 0 Å². The molecule has 0 saturated heterocycles. The van der Waals surface area contributed by atoms with Crippen LogP contribution in [0.2, 0.25) is 0 Å². The van der Waals surface area contributed by atoms with Crippen LogP contribution in [0.3, 0.4) is 0 Å². The summed E-state index contributed by atoms with van der Waals surface area (Å²) >= 11 is 0. The number of rotatable bonds is 9. The van der Waals surface area contributed by atoms with Gasteiger partial charge in [0.2, 0.25) is 0 Å². The van der Waals surface area contributed by atoms with Gasteiger partial charge in [0, 0.05) is 38.0 Å². The molecule has 2 aromatic carbocycles. The van der Waals surface area contributed by atoms with Crippen LogP contribution in [0, 0.1) is 49.3 Å². The van der Waals surface area contributed by atoms with Gasteiger partial charge in [0.1, 0.15) is 17.5 Å². The van der Waals surface area contributed by atoms with E-state index in [2.05, 4.69) is 9.97 Å². The van der Waals surface area contributed by atoms with Gasteiger partial charge in [-0.1, -0.05) is 48.2 Å². The molecule has 0 unspecified atom stereocenters. The number of pyridine rings is 4. The SMILES string of the molecule is CC#N.[Fe+4].[O-][Cl+3]([O-])([O-])[O-].[O-][Cl+3]([O-])([O-])[O-].[O-]c1cccc(F)c1-c1cccc([C@H](c2cccc(-c3c(F)cccc3F)n2)N(Cc2ccccn2)Cc2ccccn2)n1. The number of benzene rings is 2. The first kappa shape index (κ1) is 49.0. The van der Waals surface area contributed by atoms with Crippen molar-refractivity contribution in [3.05, 3.63) is 162 Å². The summed E-state index contributed by atoms with van der Waals surface area (Å²) in [5.41, 5.74) is 2.22. The molecule has 6 aromatic rings. The summed E-state index contributed by atoms with van der Waals surface area (Å²) in [6, 6.07) is 29.7. The molecule has 0 N–H and O–H groups in total. The molecule has 0 aliphatic heterocycles. The normalized spacial score (nSPS) is 11.2. The topological polar surface area (TPSA) is 286 Å². The zero-order valence-corrected chi connectivity index (χ0v) is 32.3. The average Bonchev–Trinajstić information content (AvgIpc) is 3.12. The summed E-state index contributed by atoms with van der Waals surface area (Å²) in [7, 11) is -9.89. The molecule has 1 atom stereocenters. The summed E-state index contributed by atoms with van der Waals surface area (Å²) in [6.45, 7) is 2.07. The van der Waals surface area contributed by atoms with Gasteiger partial charge in [-0.3, -0.25) is 24.8 Å². The van der Waals surface area contributed by atoms with Crippen molar-refractivity contribution in [1.29, 1.82) is 5.26 Å². The monoisotopic (exact) mass is 883 g/mol. The summed E-state index contributed by atoms with van der Waals surface area (Å²) in [5.74, 6) is -2.67. The Bertz CT molecular complexity index is 2020. The van der Waals surface area contributed by atoms with Crippen molar-refractivity contribution in [3.8, 4) is 34.3 Å². The van der Waals surface area contributed by atoms with E-state index in [-0.39, 0.29) is 39.6 Å². The second-order valence-corrected chi connectivity index (χ2v) is 12.5. The third kappa shape index (κ3) is 16.8. The van der Waals surface area contributed by atoms with Crippen molar-refractivity contribution in [2.75, 3.05) is 0 Å². The van der Waals surface area contributed by atoms with Crippen LogP contribution >= 0.6 is 0 Å². The second-order valence-electron chi connectivity index (χ2n) is 11.0. The number of hydrogen-bond donors (Lipinski definition) is 0. The molecule has 6 rings (SSSR count). The second kappa shape index (κ2) is 23.3. The number of aromatic nitrogens is 4. The maximum Gasteiger partial charge on any atom is 4.00 e. The number of nitriles is 1. The molecule has 0 amide bonds. The maximum atomic E-state index is 14.9. The zero-order chi connectivity index (χ0) is 42.2. The van der Waals surface area contributed by atoms with E-state index in [1.807, 2.05) is 41.3 Å². The Morgan fingerprint density at radius 1 is 0.586 bits per heavy atom. The van der Waals surface area contributed by atoms with Gasteiger partial charge in [0.15, 0.2) is 0 Å². The number of halogens is 5. The van der Waals surface area contributed by atoms with E-state index < -0.39 is 49.7 Å². The molecule has 15 nitrogen and oxygen atoms in total. The van der Waals surface area contributed by atoms with Crippen LogP contribution < -0.4 is 42.4 Å².